The quantitative estimate of drug-likeness (QED) is 0.648. The fraction of sp³-hybridized carbons (Fsp3) is 0.381. The number of aromatic nitrogens is 3. The van der Waals surface area contributed by atoms with Crippen molar-refractivity contribution in [2.45, 2.75) is 32.7 Å². The number of phenolic OH excluding ortho intramolecular Hbond substituents is 1. The van der Waals surface area contributed by atoms with Crippen molar-refractivity contribution in [2.24, 2.45) is 0 Å². The van der Waals surface area contributed by atoms with Crippen molar-refractivity contribution in [3.63, 3.8) is 0 Å². The van der Waals surface area contributed by atoms with Crippen LogP contribution in [0, 0.1) is 6.92 Å². The van der Waals surface area contributed by atoms with Gasteiger partial charge < -0.3 is 15.3 Å². The summed E-state index contributed by atoms with van der Waals surface area (Å²) in [6.07, 6.45) is 2.14. The Morgan fingerprint density at radius 3 is 2.86 bits per heavy atom. The summed E-state index contributed by atoms with van der Waals surface area (Å²) >= 11 is 0. The van der Waals surface area contributed by atoms with E-state index in [0.29, 0.717) is 36.0 Å². The summed E-state index contributed by atoms with van der Waals surface area (Å²) in [4.78, 5) is 20.0. The van der Waals surface area contributed by atoms with E-state index in [0.717, 1.165) is 36.0 Å². The highest BCUT2D eigenvalue weighted by Gasteiger charge is 2.26. The number of phenols is 1. The first-order valence-corrected chi connectivity index (χ1v) is 9.74. The van der Waals surface area contributed by atoms with Crippen LogP contribution in [0.15, 0.2) is 30.3 Å². The van der Waals surface area contributed by atoms with E-state index in [9.17, 15) is 9.90 Å². The molecular weight excluding hydrogens is 354 g/mol. The van der Waals surface area contributed by atoms with Crippen LogP contribution in [0.1, 0.15) is 35.8 Å². The number of pyridine rings is 1. The van der Waals surface area contributed by atoms with E-state index >= 15 is 0 Å². The number of H-pyrrole nitrogens is 1. The number of aromatic hydroxyl groups is 1. The van der Waals surface area contributed by atoms with Gasteiger partial charge in [-0.25, -0.2) is 4.98 Å². The van der Waals surface area contributed by atoms with Gasteiger partial charge in [0.2, 0.25) is 0 Å². The third-order valence-corrected chi connectivity index (χ3v) is 5.28. The number of carbonyl (C=O) groups is 1. The van der Waals surface area contributed by atoms with E-state index in [-0.39, 0.29) is 11.7 Å². The molecule has 28 heavy (non-hydrogen) atoms. The van der Waals surface area contributed by atoms with Crippen LogP contribution in [-0.2, 0) is 0 Å². The van der Waals surface area contributed by atoms with Crippen molar-refractivity contribution in [3.05, 3.63) is 41.6 Å². The van der Waals surface area contributed by atoms with E-state index in [1.807, 2.05) is 17.9 Å². The molecule has 0 radical (unpaired) electrons. The summed E-state index contributed by atoms with van der Waals surface area (Å²) in [6, 6.07) is 9.00. The molecule has 4 rings (SSSR count). The van der Waals surface area contributed by atoms with Gasteiger partial charge in [0.05, 0.1) is 22.3 Å². The largest absolute Gasteiger partial charge is 0.508 e. The lowest BCUT2D eigenvalue weighted by Gasteiger charge is -2.34. The highest BCUT2D eigenvalue weighted by atomic mass is 16.3. The molecule has 7 nitrogen and oxygen atoms in total. The second-order valence-electron chi connectivity index (χ2n) is 7.33. The molecular formula is C21H25N5O2. The molecule has 1 aromatic carbocycles. The van der Waals surface area contributed by atoms with Crippen LogP contribution in [0.5, 0.6) is 5.75 Å². The Labute approximate surface area is 163 Å². The number of piperazine rings is 1. The van der Waals surface area contributed by atoms with E-state index < -0.39 is 0 Å². The minimum Gasteiger partial charge on any atom is -0.508 e. The number of nitrogens with one attached hydrogen (secondary N) is 2. The molecule has 0 unspecified atom stereocenters. The number of amides is 1. The Bertz CT molecular complexity index is 994. The number of rotatable bonds is 4. The maximum absolute atomic E-state index is 13.4. The van der Waals surface area contributed by atoms with Gasteiger partial charge in [-0.05, 0) is 43.7 Å². The Morgan fingerprint density at radius 2 is 2.11 bits per heavy atom. The lowest BCUT2D eigenvalue weighted by atomic mass is 10.0. The number of aromatic amines is 1. The highest BCUT2D eigenvalue weighted by molar-refractivity contribution is 6.07. The fourth-order valence-electron chi connectivity index (χ4n) is 3.86. The minimum atomic E-state index is 0.0135. The lowest BCUT2D eigenvalue weighted by molar-refractivity contribution is 0.0701. The average Bonchev–Trinajstić information content (AvgIpc) is 3.09. The van der Waals surface area contributed by atoms with Crippen LogP contribution >= 0.6 is 0 Å². The van der Waals surface area contributed by atoms with Gasteiger partial charge in [-0.2, -0.15) is 5.10 Å². The molecule has 1 saturated heterocycles. The molecule has 0 saturated carbocycles. The van der Waals surface area contributed by atoms with Gasteiger partial charge in [0.25, 0.3) is 5.91 Å². The van der Waals surface area contributed by atoms with E-state index in [1.165, 1.54) is 0 Å². The van der Waals surface area contributed by atoms with Gasteiger partial charge in [0.15, 0.2) is 5.65 Å². The summed E-state index contributed by atoms with van der Waals surface area (Å²) < 4.78 is 0. The molecule has 1 aliphatic rings. The van der Waals surface area contributed by atoms with Crippen LogP contribution in [0.4, 0.5) is 0 Å². The average molecular weight is 379 g/mol. The number of fused-ring (bicyclic) bond motifs is 1. The fourth-order valence-corrected chi connectivity index (χ4v) is 3.86. The minimum absolute atomic E-state index is 0.0135. The summed E-state index contributed by atoms with van der Waals surface area (Å²) in [7, 11) is 0. The number of carbonyl (C=O) groups excluding carboxylic acids is 1. The molecule has 1 fully saturated rings. The number of benzene rings is 1. The molecule has 2 aromatic heterocycles. The zero-order chi connectivity index (χ0) is 19.7. The van der Waals surface area contributed by atoms with Gasteiger partial charge in [-0.15, -0.1) is 0 Å². The number of hydrogen-bond donors (Lipinski definition) is 3. The third-order valence-electron chi connectivity index (χ3n) is 5.28. The van der Waals surface area contributed by atoms with Crippen LogP contribution in [0.3, 0.4) is 0 Å². The summed E-state index contributed by atoms with van der Waals surface area (Å²) in [5, 5.41) is 21.0. The molecule has 3 N–H and O–H groups in total. The molecule has 0 aliphatic carbocycles. The monoisotopic (exact) mass is 379 g/mol. The van der Waals surface area contributed by atoms with Gasteiger partial charge in [-0.3, -0.25) is 9.89 Å². The van der Waals surface area contributed by atoms with Crippen LogP contribution in [0.2, 0.25) is 0 Å². The molecule has 1 amide bonds. The lowest BCUT2D eigenvalue weighted by Crippen LogP contribution is -2.52. The molecule has 3 aromatic rings. The Kier molecular flexibility index (Phi) is 5.00. The van der Waals surface area contributed by atoms with Gasteiger partial charge >= 0.3 is 0 Å². The van der Waals surface area contributed by atoms with Crippen LogP contribution in [0.25, 0.3) is 22.3 Å². The van der Waals surface area contributed by atoms with Crippen LogP contribution in [-0.4, -0.2) is 56.8 Å². The number of nitrogens with zero attached hydrogens (tertiary/aromatic N) is 3. The smallest absolute Gasteiger partial charge is 0.254 e. The van der Waals surface area contributed by atoms with Gasteiger partial charge in [0, 0.05) is 31.2 Å². The van der Waals surface area contributed by atoms with E-state index in [4.69, 9.17) is 0 Å². The predicted molar refractivity (Wildman–Crippen MR) is 108 cm³/mol. The topological polar surface area (TPSA) is 94.1 Å². The van der Waals surface area contributed by atoms with Crippen molar-refractivity contribution in [2.75, 3.05) is 19.6 Å². The normalized spacial score (nSPS) is 17.2. The van der Waals surface area contributed by atoms with E-state index in [2.05, 4.69) is 27.4 Å². The standard InChI is InChI=1S/C21H25N5O2/c1-3-4-15-12-26(10-9-22-15)21(28)17-11-18(14-5-7-16(27)8-6-14)23-20-19(17)13(2)24-25-20/h5-8,11,15,22,27H,3-4,9-10,12H2,1-2H3,(H,23,24,25)/t15-/m1/s1. The zero-order valence-electron chi connectivity index (χ0n) is 16.2. The first-order chi connectivity index (χ1) is 13.6. The molecule has 7 heteroatoms. The van der Waals surface area contributed by atoms with Crippen molar-refractivity contribution in [3.8, 4) is 17.0 Å². The second kappa shape index (κ2) is 7.59. The van der Waals surface area contributed by atoms with Crippen molar-refractivity contribution >= 4 is 16.9 Å². The maximum Gasteiger partial charge on any atom is 0.254 e. The van der Waals surface area contributed by atoms with Crippen molar-refractivity contribution < 1.29 is 9.90 Å². The number of aryl methyl sites for hydroxylation is 1. The zero-order valence-corrected chi connectivity index (χ0v) is 16.2. The first kappa shape index (κ1) is 18.4. The SMILES string of the molecule is CCC[C@@H]1CN(C(=O)c2cc(-c3ccc(O)cc3)nc3[nH]nc(C)c23)CCN1. The molecule has 3 heterocycles. The number of hydrogen-bond acceptors (Lipinski definition) is 5. The molecule has 146 valence electrons. The van der Waals surface area contributed by atoms with Gasteiger partial charge in [0.1, 0.15) is 5.75 Å². The van der Waals surface area contributed by atoms with Gasteiger partial charge in [-0.1, -0.05) is 13.3 Å². The second-order valence-corrected chi connectivity index (χ2v) is 7.33. The van der Waals surface area contributed by atoms with Crippen molar-refractivity contribution in [1.29, 1.82) is 0 Å². The van der Waals surface area contributed by atoms with Crippen LogP contribution < -0.4 is 5.32 Å². The van der Waals surface area contributed by atoms with E-state index in [1.54, 1.807) is 24.3 Å². The molecule has 0 spiro atoms. The molecule has 1 atom stereocenters. The highest BCUT2D eigenvalue weighted by Crippen LogP contribution is 2.28. The maximum atomic E-state index is 13.4. The Hall–Kier alpha value is -2.93. The molecule has 0 bridgehead atoms. The summed E-state index contributed by atoms with van der Waals surface area (Å²) in [6.45, 7) is 6.25. The molecule has 1 aliphatic heterocycles. The predicted octanol–water partition coefficient (Wildman–Crippen LogP) is 2.85. The Balaban J connectivity index is 1.75. The Morgan fingerprint density at radius 1 is 1.32 bits per heavy atom. The summed E-state index contributed by atoms with van der Waals surface area (Å²) in [5.41, 5.74) is 3.51. The summed E-state index contributed by atoms with van der Waals surface area (Å²) in [5.74, 6) is 0.209. The third kappa shape index (κ3) is 3.45. The first-order valence-electron chi connectivity index (χ1n) is 9.74. The van der Waals surface area contributed by atoms with Crippen molar-refractivity contribution in [1.82, 2.24) is 25.4 Å².